The maximum Gasteiger partial charge on any atom is 0.284 e. The predicted octanol–water partition coefficient (Wildman–Crippen LogP) is 4.10. The number of carbonyl (C=O) groups is 1. The highest BCUT2D eigenvalue weighted by Gasteiger charge is 2.34. The van der Waals surface area contributed by atoms with Crippen molar-refractivity contribution < 1.29 is 17.9 Å². The zero-order valence-electron chi connectivity index (χ0n) is 16.7. The molecule has 2 aromatic carbocycles. The topological polar surface area (TPSA) is 76.0 Å². The monoisotopic (exact) mass is 442 g/mol. The van der Waals surface area contributed by atoms with E-state index in [1.807, 2.05) is 19.1 Å². The highest BCUT2D eigenvalue weighted by atomic mass is 32.2. The maximum absolute atomic E-state index is 12.9. The van der Waals surface area contributed by atoms with Crippen LogP contribution >= 0.6 is 11.8 Å². The molecule has 0 unspecified atom stereocenters. The Morgan fingerprint density at radius 2 is 1.93 bits per heavy atom. The standard InChI is InChI=1S/C22H22N2O4S2/c1-4-13-24-21(25)20(15-17-7-6-8-18(14-17)28-3)29-22(24)23-30(26,27)19-11-9-16(5-2)10-12-19/h4,6-12,14-15H,1,5,13H2,2-3H3/b20-15+,23-22-. The summed E-state index contributed by atoms with van der Waals surface area (Å²) in [6, 6.07) is 13.8. The molecule has 1 fully saturated rings. The first-order valence-corrected chi connectivity index (χ1v) is 11.5. The van der Waals surface area contributed by atoms with Crippen LogP contribution in [0.25, 0.3) is 6.08 Å². The fourth-order valence-corrected chi connectivity index (χ4v) is 4.99. The van der Waals surface area contributed by atoms with Crippen LogP contribution in [0.1, 0.15) is 18.1 Å². The van der Waals surface area contributed by atoms with Crippen LogP contribution in [0.3, 0.4) is 0 Å². The summed E-state index contributed by atoms with van der Waals surface area (Å²) in [4.78, 5) is 14.6. The molecule has 30 heavy (non-hydrogen) atoms. The number of nitrogens with zero attached hydrogens (tertiary/aromatic N) is 2. The third-order valence-electron chi connectivity index (χ3n) is 4.42. The number of hydrogen-bond acceptors (Lipinski definition) is 5. The third kappa shape index (κ3) is 4.83. The molecular weight excluding hydrogens is 420 g/mol. The predicted molar refractivity (Wildman–Crippen MR) is 121 cm³/mol. The average Bonchev–Trinajstić information content (AvgIpc) is 3.02. The van der Waals surface area contributed by atoms with Gasteiger partial charge in [-0.25, -0.2) is 0 Å². The maximum atomic E-state index is 12.9. The van der Waals surface area contributed by atoms with Crippen LogP contribution < -0.4 is 4.74 Å². The molecule has 1 aliphatic rings. The van der Waals surface area contributed by atoms with E-state index in [1.54, 1.807) is 37.5 Å². The minimum absolute atomic E-state index is 0.0871. The summed E-state index contributed by atoms with van der Waals surface area (Å²) in [5.41, 5.74) is 1.80. The van der Waals surface area contributed by atoms with Gasteiger partial charge in [-0.1, -0.05) is 37.3 Å². The van der Waals surface area contributed by atoms with Crippen LogP contribution in [0, 0.1) is 0 Å². The van der Waals surface area contributed by atoms with E-state index < -0.39 is 10.0 Å². The number of hydrogen-bond donors (Lipinski definition) is 0. The Bertz CT molecular complexity index is 1120. The van der Waals surface area contributed by atoms with Crippen LogP contribution in [0.2, 0.25) is 0 Å². The number of aryl methyl sites for hydroxylation is 1. The molecule has 0 aromatic heterocycles. The van der Waals surface area contributed by atoms with Crippen molar-refractivity contribution in [3.05, 3.63) is 77.2 Å². The van der Waals surface area contributed by atoms with Crippen molar-refractivity contribution in [2.75, 3.05) is 13.7 Å². The van der Waals surface area contributed by atoms with E-state index >= 15 is 0 Å². The van der Waals surface area contributed by atoms with E-state index in [9.17, 15) is 13.2 Å². The van der Waals surface area contributed by atoms with Gasteiger partial charge in [-0.3, -0.25) is 9.69 Å². The highest BCUT2D eigenvalue weighted by Crippen LogP contribution is 2.34. The first-order valence-electron chi connectivity index (χ1n) is 9.28. The molecular formula is C22H22N2O4S2. The summed E-state index contributed by atoms with van der Waals surface area (Å²) < 4.78 is 34.7. The average molecular weight is 443 g/mol. The number of thioether (sulfide) groups is 1. The highest BCUT2D eigenvalue weighted by molar-refractivity contribution is 8.19. The van der Waals surface area contributed by atoms with Crippen molar-refractivity contribution in [1.82, 2.24) is 4.90 Å². The van der Waals surface area contributed by atoms with Gasteiger partial charge in [0.2, 0.25) is 0 Å². The van der Waals surface area contributed by atoms with Crippen molar-refractivity contribution in [3.8, 4) is 5.75 Å². The second-order valence-corrected chi connectivity index (χ2v) is 9.05. The van der Waals surface area contributed by atoms with Gasteiger partial charge in [0.15, 0.2) is 5.17 Å². The largest absolute Gasteiger partial charge is 0.497 e. The Labute approximate surface area is 181 Å². The van der Waals surface area contributed by atoms with E-state index in [4.69, 9.17) is 4.74 Å². The Hall–Kier alpha value is -2.84. The molecule has 8 heteroatoms. The molecule has 0 spiro atoms. The quantitative estimate of drug-likeness (QED) is 0.477. The zero-order chi connectivity index (χ0) is 21.7. The molecule has 0 N–H and O–H groups in total. The zero-order valence-corrected chi connectivity index (χ0v) is 18.4. The lowest BCUT2D eigenvalue weighted by atomic mass is 10.2. The van der Waals surface area contributed by atoms with Crippen LogP contribution in [0.4, 0.5) is 0 Å². The molecule has 1 amide bonds. The lowest BCUT2D eigenvalue weighted by molar-refractivity contribution is -0.121. The van der Waals surface area contributed by atoms with Crippen molar-refractivity contribution in [1.29, 1.82) is 0 Å². The van der Waals surface area contributed by atoms with E-state index in [-0.39, 0.29) is 22.5 Å². The number of carbonyl (C=O) groups excluding carboxylic acids is 1. The molecule has 1 heterocycles. The van der Waals surface area contributed by atoms with Crippen LogP contribution in [-0.4, -0.2) is 38.0 Å². The molecule has 0 aliphatic carbocycles. The van der Waals surface area contributed by atoms with Gasteiger partial charge in [0.25, 0.3) is 15.9 Å². The Balaban J connectivity index is 1.97. The molecule has 0 atom stereocenters. The van der Waals surface area contributed by atoms with E-state index in [1.165, 1.54) is 23.1 Å². The molecule has 2 aromatic rings. The summed E-state index contributed by atoms with van der Waals surface area (Å²) in [7, 11) is -2.39. The lowest BCUT2D eigenvalue weighted by Gasteiger charge is -2.12. The van der Waals surface area contributed by atoms with Crippen LogP contribution in [-0.2, 0) is 21.2 Å². The van der Waals surface area contributed by atoms with Crippen molar-refractivity contribution in [2.24, 2.45) is 4.40 Å². The summed E-state index contributed by atoms with van der Waals surface area (Å²) in [5.74, 6) is 0.340. The van der Waals surface area contributed by atoms with Gasteiger partial charge in [0.05, 0.1) is 16.9 Å². The fraction of sp³-hybridized carbons (Fsp3) is 0.182. The Morgan fingerprint density at radius 1 is 1.20 bits per heavy atom. The molecule has 156 valence electrons. The summed E-state index contributed by atoms with van der Waals surface area (Å²) in [5, 5.41) is 0.105. The first-order chi connectivity index (χ1) is 14.4. The minimum Gasteiger partial charge on any atom is -0.497 e. The summed E-state index contributed by atoms with van der Waals surface area (Å²) >= 11 is 1.02. The van der Waals surface area contributed by atoms with Crippen molar-refractivity contribution in [2.45, 2.75) is 18.2 Å². The van der Waals surface area contributed by atoms with Gasteiger partial charge in [0, 0.05) is 6.54 Å². The number of benzene rings is 2. The van der Waals surface area contributed by atoms with Gasteiger partial charge in [-0.05, 0) is 59.7 Å². The van der Waals surface area contributed by atoms with Gasteiger partial charge >= 0.3 is 0 Å². The number of amidine groups is 1. The van der Waals surface area contributed by atoms with Gasteiger partial charge in [-0.15, -0.1) is 11.0 Å². The minimum atomic E-state index is -3.96. The molecule has 1 aliphatic heterocycles. The number of sulfonamides is 1. The summed E-state index contributed by atoms with van der Waals surface area (Å²) in [6.45, 7) is 5.81. The van der Waals surface area contributed by atoms with E-state index in [2.05, 4.69) is 11.0 Å². The second kappa shape index (κ2) is 9.32. The van der Waals surface area contributed by atoms with Gasteiger partial charge in [-0.2, -0.15) is 8.42 Å². The molecule has 0 radical (unpaired) electrons. The van der Waals surface area contributed by atoms with Gasteiger partial charge in [0.1, 0.15) is 5.75 Å². The number of ether oxygens (including phenoxy) is 1. The van der Waals surface area contributed by atoms with Gasteiger partial charge < -0.3 is 4.74 Å². The molecule has 0 bridgehead atoms. The second-order valence-electron chi connectivity index (χ2n) is 6.44. The number of rotatable bonds is 7. The van der Waals surface area contributed by atoms with E-state index in [0.717, 1.165) is 29.3 Å². The van der Waals surface area contributed by atoms with Crippen molar-refractivity contribution >= 4 is 38.9 Å². The molecule has 3 rings (SSSR count). The molecule has 0 saturated carbocycles. The third-order valence-corrected chi connectivity index (χ3v) is 6.82. The van der Waals surface area contributed by atoms with Crippen molar-refractivity contribution in [3.63, 3.8) is 0 Å². The normalized spacial score (nSPS) is 17.0. The summed E-state index contributed by atoms with van der Waals surface area (Å²) in [6.07, 6.45) is 4.03. The van der Waals surface area contributed by atoms with E-state index in [0.29, 0.717) is 10.7 Å². The van der Waals surface area contributed by atoms with Crippen LogP contribution in [0.15, 0.2) is 75.4 Å². The lowest BCUT2D eigenvalue weighted by Crippen LogP contribution is -2.29. The molecule has 1 saturated heterocycles. The smallest absolute Gasteiger partial charge is 0.284 e. The number of methoxy groups -OCH3 is 1. The van der Waals surface area contributed by atoms with Crippen LogP contribution in [0.5, 0.6) is 5.75 Å². The first kappa shape index (κ1) is 21.9. The number of amides is 1. The molecule has 6 nitrogen and oxygen atoms in total. The fourth-order valence-electron chi connectivity index (χ4n) is 2.80. The Morgan fingerprint density at radius 3 is 2.57 bits per heavy atom. The SMILES string of the molecule is C=CCN1C(=O)/C(=C\c2cccc(OC)c2)S/C1=N\S(=O)(=O)c1ccc(CC)cc1. The Kier molecular flexibility index (Phi) is 6.79.